The summed E-state index contributed by atoms with van der Waals surface area (Å²) in [5.74, 6) is 0.901. The van der Waals surface area contributed by atoms with E-state index >= 15 is 0 Å². The number of nitrogens with one attached hydrogen (secondary N) is 1. The van der Waals surface area contributed by atoms with Crippen LogP contribution in [0.3, 0.4) is 0 Å². The van der Waals surface area contributed by atoms with Crippen molar-refractivity contribution in [1.82, 2.24) is 5.32 Å². The molecule has 2 unspecified atom stereocenters. The van der Waals surface area contributed by atoms with Crippen molar-refractivity contribution >= 4 is 15.9 Å². The average Bonchev–Trinajstić information content (AvgIpc) is 2.44. The van der Waals surface area contributed by atoms with Gasteiger partial charge in [0, 0.05) is 17.6 Å². The van der Waals surface area contributed by atoms with Gasteiger partial charge in [0.25, 0.3) is 0 Å². The van der Waals surface area contributed by atoms with Gasteiger partial charge in [-0.25, -0.2) is 0 Å². The monoisotopic (exact) mass is 329 g/mol. The normalized spacial score (nSPS) is 14.2. The Bertz CT molecular complexity index is 384. The molecule has 1 aromatic carbocycles. The molecule has 0 radical (unpaired) electrons. The molecule has 2 atom stereocenters. The number of hydrogen-bond donors (Lipinski definition) is 1. The van der Waals surface area contributed by atoms with Crippen LogP contribution in [-0.4, -0.2) is 33.4 Å². The van der Waals surface area contributed by atoms with Gasteiger partial charge in [-0.15, -0.1) is 0 Å². The Kier molecular flexibility index (Phi) is 7.42. The van der Waals surface area contributed by atoms with Crippen LogP contribution in [0.5, 0.6) is 5.75 Å². The molecule has 1 aromatic rings. The van der Waals surface area contributed by atoms with Gasteiger partial charge in [0.1, 0.15) is 5.75 Å². The Hall–Kier alpha value is -0.580. The predicted molar refractivity (Wildman–Crippen MR) is 83.0 cm³/mol. The summed E-state index contributed by atoms with van der Waals surface area (Å²) in [6.45, 7) is 2.11. The predicted octanol–water partition coefficient (Wildman–Crippen LogP) is 3.40. The van der Waals surface area contributed by atoms with Crippen molar-refractivity contribution in [3.05, 3.63) is 28.2 Å². The molecule has 0 aliphatic heterocycles. The van der Waals surface area contributed by atoms with Crippen molar-refractivity contribution in [2.75, 3.05) is 21.3 Å². The van der Waals surface area contributed by atoms with Crippen LogP contribution in [-0.2, 0) is 11.2 Å². The molecule has 0 saturated heterocycles. The van der Waals surface area contributed by atoms with Crippen molar-refractivity contribution in [2.24, 2.45) is 0 Å². The van der Waals surface area contributed by atoms with E-state index < -0.39 is 0 Å². The molecular formula is C15H24BrNO2. The van der Waals surface area contributed by atoms with Crippen molar-refractivity contribution < 1.29 is 9.47 Å². The SMILES string of the molecule is CNC(CCC(C)OC)Cc1cc(OC)ccc1Br. The van der Waals surface area contributed by atoms with Crippen LogP contribution >= 0.6 is 15.9 Å². The maximum Gasteiger partial charge on any atom is 0.119 e. The summed E-state index contributed by atoms with van der Waals surface area (Å²) in [7, 11) is 5.47. The number of halogens is 1. The van der Waals surface area contributed by atoms with Crippen LogP contribution in [0.15, 0.2) is 22.7 Å². The average molecular weight is 330 g/mol. The van der Waals surface area contributed by atoms with Gasteiger partial charge in [0.05, 0.1) is 13.2 Å². The Morgan fingerprint density at radius 2 is 2.00 bits per heavy atom. The first-order valence-corrected chi connectivity index (χ1v) is 7.42. The minimum atomic E-state index is 0.310. The second-order valence-corrected chi connectivity index (χ2v) is 5.63. The summed E-state index contributed by atoms with van der Waals surface area (Å²) in [6.07, 6.45) is 3.44. The molecule has 0 saturated carbocycles. The summed E-state index contributed by atoms with van der Waals surface area (Å²) in [5, 5.41) is 3.38. The highest BCUT2D eigenvalue weighted by molar-refractivity contribution is 9.10. The number of ether oxygens (including phenoxy) is 2. The minimum absolute atomic E-state index is 0.310. The quantitative estimate of drug-likeness (QED) is 0.792. The molecule has 0 fully saturated rings. The van der Waals surface area contributed by atoms with E-state index in [1.807, 2.05) is 19.2 Å². The van der Waals surface area contributed by atoms with Crippen LogP contribution in [0.1, 0.15) is 25.3 Å². The molecule has 0 bridgehead atoms. The van der Waals surface area contributed by atoms with Crippen molar-refractivity contribution in [1.29, 1.82) is 0 Å². The number of methoxy groups -OCH3 is 2. The van der Waals surface area contributed by atoms with E-state index in [-0.39, 0.29) is 0 Å². The second kappa shape index (κ2) is 8.56. The first-order valence-electron chi connectivity index (χ1n) is 6.63. The van der Waals surface area contributed by atoms with Crippen LogP contribution in [0.25, 0.3) is 0 Å². The number of benzene rings is 1. The third-order valence-electron chi connectivity index (χ3n) is 3.45. The summed E-state index contributed by atoms with van der Waals surface area (Å²) in [4.78, 5) is 0. The molecule has 0 heterocycles. The maximum atomic E-state index is 5.30. The molecule has 3 nitrogen and oxygen atoms in total. The molecule has 0 amide bonds. The Labute approximate surface area is 124 Å². The number of hydrogen-bond acceptors (Lipinski definition) is 3. The molecule has 0 aliphatic carbocycles. The Morgan fingerprint density at radius 1 is 1.26 bits per heavy atom. The van der Waals surface area contributed by atoms with E-state index in [9.17, 15) is 0 Å². The standard InChI is InChI=1S/C15H24BrNO2/c1-11(18-3)5-6-13(17-2)9-12-10-14(19-4)7-8-15(12)16/h7-8,10-11,13,17H,5-6,9H2,1-4H3. The summed E-state index contributed by atoms with van der Waals surface area (Å²) in [5.41, 5.74) is 1.27. The van der Waals surface area contributed by atoms with Gasteiger partial charge >= 0.3 is 0 Å². The zero-order valence-electron chi connectivity index (χ0n) is 12.2. The fraction of sp³-hybridized carbons (Fsp3) is 0.600. The van der Waals surface area contributed by atoms with Crippen molar-refractivity contribution in [3.8, 4) is 5.75 Å². The minimum Gasteiger partial charge on any atom is -0.497 e. The lowest BCUT2D eigenvalue weighted by molar-refractivity contribution is 0.106. The van der Waals surface area contributed by atoms with Crippen molar-refractivity contribution in [2.45, 2.75) is 38.3 Å². The lowest BCUT2D eigenvalue weighted by Gasteiger charge is -2.19. The van der Waals surface area contributed by atoms with Gasteiger partial charge in [-0.2, -0.15) is 0 Å². The van der Waals surface area contributed by atoms with Gasteiger partial charge in [0.2, 0.25) is 0 Å². The fourth-order valence-corrected chi connectivity index (χ4v) is 2.41. The zero-order valence-corrected chi connectivity index (χ0v) is 13.8. The van der Waals surface area contributed by atoms with Crippen LogP contribution < -0.4 is 10.1 Å². The van der Waals surface area contributed by atoms with Gasteiger partial charge in [-0.1, -0.05) is 15.9 Å². The van der Waals surface area contributed by atoms with Gasteiger partial charge in [-0.3, -0.25) is 0 Å². The lowest BCUT2D eigenvalue weighted by atomic mass is 10.0. The number of rotatable bonds is 8. The summed E-state index contributed by atoms with van der Waals surface area (Å²) < 4.78 is 11.7. The topological polar surface area (TPSA) is 30.5 Å². The lowest BCUT2D eigenvalue weighted by Crippen LogP contribution is -2.29. The molecule has 19 heavy (non-hydrogen) atoms. The highest BCUT2D eigenvalue weighted by atomic mass is 79.9. The third kappa shape index (κ3) is 5.51. The van der Waals surface area contributed by atoms with Crippen LogP contribution in [0.2, 0.25) is 0 Å². The first kappa shape index (κ1) is 16.5. The van der Waals surface area contributed by atoms with E-state index in [0.717, 1.165) is 29.5 Å². The van der Waals surface area contributed by atoms with E-state index in [1.165, 1.54) is 5.56 Å². The molecule has 1 rings (SSSR count). The molecular weight excluding hydrogens is 306 g/mol. The third-order valence-corrected chi connectivity index (χ3v) is 4.23. The molecule has 1 N–H and O–H groups in total. The van der Waals surface area contributed by atoms with Crippen molar-refractivity contribution in [3.63, 3.8) is 0 Å². The van der Waals surface area contributed by atoms with E-state index in [1.54, 1.807) is 14.2 Å². The summed E-state index contributed by atoms with van der Waals surface area (Å²) >= 11 is 3.60. The molecule has 0 aromatic heterocycles. The second-order valence-electron chi connectivity index (χ2n) is 4.77. The smallest absolute Gasteiger partial charge is 0.119 e. The zero-order chi connectivity index (χ0) is 14.3. The first-order chi connectivity index (χ1) is 9.10. The Balaban J connectivity index is 2.64. The fourth-order valence-electron chi connectivity index (χ4n) is 2.00. The molecule has 0 aliphatic rings. The van der Waals surface area contributed by atoms with Gasteiger partial charge in [0.15, 0.2) is 0 Å². The van der Waals surface area contributed by atoms with Gasteiger partial charge in [-0.05, 0) is 57.0 Å². The highest BCUT2D eigenvalue weighted by Crippen LogP contribution is 2.24. The van der Waals surface area contributed by atoms with Gasteiger partial charge < -0.3 is 14.8 Å². The highest BCUT2D eigenvalue weighted by Gasteiger charge is 2.12. The number of likely N-dealkylation sites (N-methyl/N-ethyl adjacent to an activating group) is 1. The largest absolute Gasteiger partial charge is 0.497 e. The Morgan fingerprint density at radius 3 is 2.58 bits per heavy atom. The van der Waals surface area contributed by atoms with E-state index in [4.69, 9.17) is 9.47 Å². The summed E-state index contributed by atoms with van der Waals surface area (Å²) in [6, 6.07) is 6.54. The maximum absolute atomic E-state index is 5.30. The van der Waals surface area contributed by atoms with Crippen LogP contribution in [0, 0.1) is 0 Å². The molecule has 4 heteroatoms. The molecule has 0 spiro atoms. The van der Waals surface area contributed by atoms with E-state index in [2.05, 4.69) is 34.2 Å². The van der Waals surface area contributed by atoms with E-state index in [0.29, 0.717) is 12.1 Å². The molecule has 108 valence electrons. The van der Waals surface area contributed by atoms with Crippen LogP contribution in [0.4, 0.5) is 0 Å².